The maximum atomic E-state index is 13.1. The molecule has 3 aromatic rings. The van der Waals surface area contributed by atoms with Crippen molar-refractivity contribution in [1.82, 2.24) is 9.29 Å². The molecule has 8 nitrogen and oxygen atoms in total. The Labute approximate surface area is 205 Å². The number of esters is 1. The standard InChI is InChI=1S/C26H28N2O6S/c1-19-15-28(16-20(2)34-19)35(30,31)25-8-5-6-22(14-25)26(29)33-17-21-9-11-24(12-10-21)32-18-23-7-3-4-13-27-23/h3-14,19-20H,15-18H2,1-2H3. The van der Waals surface area contributed by atoms with Crippen LogP contribution in [0.25, 0.3) is 0 Å². The molecule has 184 valence electrons. The second kappa shape index (κ2) is 11.0. The lowest BCUT2D eigenvalue weighted by atomic mass is 10.2. The third kappa shape index (κ3) is 6.45. The first kappa shape index (κ1) is 24.8. The maximum Gasteiger partial charge on any atom is 0.338 e. The van der Waals surface area contributed by atoms with E-state index in [-0.39, 0.29) is 42.4 Å². The number of hydrogen-bond donors (Lipinski definition) is 0. The average Bonchev–Trinajstić information content (AvgIpc) is 2.87. The van der Waals surface area contributed by atoms with Crippen LogP contribution in [0.2, 0.25) is 0 Å². The van der Waals surface area contributed by atoms with E-state index in [1.165, 1.54) is 16.4 Å². The molecular weight excluding hydrogens is 468 g/mol. The molecule has 0 saturated carbocycles. The fourth-order valence-electron chi connectivity index (χ4n) is 3.81. The summed E-state index contributed by atoms with van der Waals surface area (Å²) in [6.07, 6.45) is 1.31. The van der Waals surface area contributed by atoms with Crippen molar-refractivity contribution in [2.24, 2.45) is 0 Å². The quantitative estimate of drug-likeness (QED) is 0.438. The van der Waals surface area contributed by atoms with E-state index in [0.717, 1.165) is 11.3 Å². The van der Waals surface area contributed by atoms with Crippen LogP contribution in [0.1, 0.15) is 35.5 Å². The summed E-state index contributed by atoms with van der Waals surface area (Å²) < 4.78 is 44.4. The van der Waals surface area contributed by atoms with Crippen LogP contribution < -0.4 is 4.74 Å². The lowest BCUT2D eigenvalue weighted by Gasteiger charge is -2.34. The van der Waals surface area contributed by atoms with Crippen molar-refractivity contribution in [3.63, 3.8) is 0 Å². The molecule has 1 aliphatic heterocycles. The first-order chi connectivity index (χ1) is 16.8. The summed E-state index contributed by atoms with van der Waals surface area (Å²) in [6, 6.07) is 18.8. The van der Waals surface area contributed by atoms with E-state index in [1.54, 1.807) is 30.5 Å². The molecule has 0 spiro atoms. The first-order valence-electron chi connectivity index (χ1n) is 11.4. The number of aromatic nitrogens is 1. The molecule has 0 radical (unpaired) electrons. The van der Waals surface area contributed by atoms with E-state index in [4.69, 9.17) is 14.2 Å². The summed E-state index contributed by atoms with van der Waals surface area (Å²) in [5.41, 5.74) is 1.78. The largest absolute Gasteiger partial charge is 0.487 e. The molecule has 0 N–H and O–H groups in total. The fraction of sp³-hybridized carbons (Fsp3) is 0.308. The zero-order valence-corrected chi connectivity index (χ0v) is 20.5. The number of benzene rings is 2. The molecule has 1 fully saturated rings. The third-order valence-electron chi connectivity index (χ3n) is 5.50. The summed E-state index contributed by atoms with van der Waals surface area (Å²) in [5, 5.41) is 0. The molecule has 9 heteroatoms. The highest BCUT2D eigenvalue weighted by molar-refractivity contribution is 7.89. The topological polar surface area (TPSA) is 95.0 Å². The predicted octanol–water partition coefficient (Wildman–Crippen LogP) is 3.82. The van der Waals surface area contributed by atoms with Crippen molar-refractivity contribution in [1.29, 1.82) is 0 Å². The molecule has 1 saturated heterocycles. The molecule has 35 heavy (non-hydrogen) atoms. The smallest absolute Gasteiger partial charge is 0.338 e. The normalized spacial score (nSPS) is 18.7. The molecule has 2 aromatic carbocycles. The van der Waals surface area contributed by atoms with Crippen molar-refractivity contribution >= 4 is 16.0 Å². The molecule has 0 amide bonds. The molecule has 2 unspecified atom stereocenters. The van der Waals surface area contributed by atoms with Gasteiger partial charge in [-0.05, 0) is 61.9 Å². The number of carbonyl (C=O) groups excluding carboxylic acids is 1. The molecule has 1 aromatic heterocycles. The van der Waals surface area contributed by atoms with Crippen LogP contribution in [0.5, 0.6) is 5.75 Å². The summed E-state index contributed by atoms with van der Waals surface area (Å²) >= 11 is 0. The van der Waals surface area contributed by atoms with Gasteiger partial charge in [-0.25, -0.2) is 13.2 Å². The highest BCUT2D eigenvalue weighted by Gasteiger charge is 2.32. The predicted molar refractivity (Wildman–Crippen MR) is 129 cm³/mol. The van der Waals surface area contributed by atoms with E-state index in [9.17, 15) is 13.2 Å². The van der Waals surface area contributed by atoms with Gasteiger partial charge < -0.3 is 14.2 Å². The molecule has 4 rings (SSSR count). The number of pyridine rings is 1. The van der Waals surface area contributed by atoms with Gasteiger partial charge >= 0.3 is 5.97 Å². The highest BCUT2D eigenvalue weighted by Crippen LogP contribution is 2.22. The van der Waals surface area contributed by atoms with E-state index >= 15 is 0 Å². The van der Waals surface area contributed by atoms with Gasteiger partial charge in [0, 0.05) is 19.3 Å². The van der Waals surface area contributed by atoms with Crippen LogP contribution in [0.3, 0.4) is 0 Å². The molecular formula is C26H28N2O6S. The summed E-state index contributed by atoms with van der Waals surface area (Å²) in [4.78, 5) is 16.9. The third-order valence-corrected chi connectivity index (χ3v) is 7.33. The van der Waals surface area contributed by atoms with E-state index < -0.39 is 16.0 Å². The Morgan fingerprint density at radius 3 is 2.43 bits per heavy atom. The summed E-state index contributed by atoms with van der Waals surface area (Å²) in [6.45, 7) is 4.62. The van der Waals surface area contributed by atoms with E-state index in [2.05, 4.69) is 4.98 Å². The Kier molecular flexibility index (Phi) is 7.80. The van der Waals surface area contributed by atoms with Gasteiger partial charge in [0.2, 0.25) is 10.0 Å². The number of nitrogens with zero attached hydrogens (tertiary/aromatic N) is 2. The lowest BCUT2D eigenvalue weighted by molar-refractivity contribution is -0.0440. The second-order valence-corrected chi connectivity index (χ2v) is 10.4. The van der Waals surface area contributed by atoms with E-state index in [1.807, 2.05) is 44.2 Å². The Bertz CT molecular complexity index is 1240. The Morgan fingerprint density at radius 2 is 1.74 bits per heavy atom. The minimum absolute atomic E-state index is 0.0504. The van der Waals surface area contributed by atoms with Crippen LogP contribution in [0, 0.1) is 0 Å². The van der Waals surface area contributed by atoms with Gasteiger partial charge in [0.1, 0.15) is 19.0 Å². The van der Waals surface area contributed by atoms with Crippen LogP contribution in [0.4, 0.5) is 0 Å². The van der Waals surface area contributed by atoms with Crippen molar-refractivity contribution in [2.75, 3.05) is 13.1 Å². The van der Waals surface area contributed by atoms with Gasteiger partial charge in [0.25, 0.3) is 0 Å². The van der Waals surface area contributed by atoms with Crippen molar-refractivity contribution in [3.05, 3.63) is 89.7 Å². The number of hydrogen-bond acceptors (Lipinski definition) is 7. The van der Waals surface area contributed by atoms with Gasteiger partial charge in [0.15, 0.2) is 0 Å². The van der Waals surface area contributed by atoms with Crippen molar-refractivity contribution in [2.45, 2.75) is 44.2 Å². The van der Waals surface area contributed by atoms with E-state index in [0.29, 0.717) is 12.4 Å². The SMILES string of the molecule is CC1CN(S(=O)(=O)c2cccc(C(=O)OCc3ccc(OCc4ccccn4)cc3)c2)CC(C)O1. The van der Waals surface area contributed by atoms with Gasteiger partial charge in [0.05, 0.1) is 28.4 Å². The molecule has 2 heterocycles. The highest BCUT2D eigenvalue weighted by atomic mass is 32.2. The molecule has 1 aliphatic rings. The Balaban J connectivity index is 1.35. The number of rotatable bonds is 8. The van der Waals surface area contributed by atoms with Crippen LogP contribution in [-0.4, -0.2) is 49.0 Å². The van der Waals surface area contributed by atoms with Crippen LogP contribution in [0.15, 0.2) is 77.8 Å². The van der Waals surface area contributed by atoms with Crippen molar-refractivity contribution in [3.8, 4) is 5.75 Å². The maximum absolute atomic E-state index is 13.1. The van der Waals surface area contributed by atoms with Crippen molar-refractivity contribution < 1.29 is 27.4 Å². The van der Waals surface area contributed by atoms with Crippen LogP contribution >= 0.6 is 0 Å². The minimum Gasteiger partial charge on any atom is -0.487 e. The lowest BCUT2D eigenvalue weighted by Crippen LogP contribution is -2.48. The van der Waals surface area contributed by atoms with Gasteiger partial charge in [-0.1, -0.05) is 24.3 Å². The number of carbonyl (C=O) groups is 1. The first-order valence-corrected chi connectivity index (χ1v) is 12.8. The molecule has 0 bridgehead atoms. The fourth-order valence-corrected chi connectivity index (χ4v) is 5.45. The Hall–Kier alpha value is -3.27. The number of morpholine rings is 1. The number of sulfonamides is 1. The monoisotopic (exact) mass is 496 g/mol. The van der Waals surface area contributed by atoms with Gasteiger partial charge in [-0.3, -0.25) is 4.98 Å². The Morgan fingerprint density at radius 1 is 1.00 bits per heavy atom. The van der Waals surface area contributed by atoms with Crippen LogP contribution in [-0.2, 0) is 32.7 Å². The number of ether oxygens (including phenoxy) is 3. The second-order valence-electron chi connectivity index (χ2n) is 8.44. The summed E-state index contributed by atoms with van der Waals surface area (Å²) in [7, 11) is -3.75. The van der Waals surface area contributed by atoms with Gasteiger partial charge in [-0.2, -0.15) is 4.31 Å². The molecule has 2 atom stereocenters. The average molecular weight is 497 g/mol. The van der Waals surface area contributed by atoms with Gasteiger partial charge in [-0.15, -0.1) is 0 Å². The minimum atomic E-state index is -3.75. The zero-order chi connectivity index (χ0) is 24.8. The molecule has 0 aliphatic carbocycles. The zero-order valence-electron chi connectivity index (χ0n) is 19.7. The summed E-state index contributed by atoms with van der Waals surface area (Å²) in [5.74, 6) is 0.0802.